The molecule has 0 saturated carbocycles. The summed E-state index contributed by atoms with van der Waals surface area (Å²) in [6.45, 7) is 1.60. The summed E-state index contributed by atoms with van der Waals surface area (Å²) in [5, 5.41) is 3.61. The number of nitrogens with zero attached hydrogens (tertiary/aromatic N) is 4. The molecule has 0 aliphatic heterocycles. The second kappa shape index (κ2) is 4.26. The van der Waals surface area contributed by atoms with Crippen molar-refractivity contribution in [2.75, 3.05) is 5.43 Å². The number of aromatic nitrogens is 4. The van der Waals surface area contributed by atoms with Gasteiger partial charge in [-0.1, -0.05) is 0 Å². The van der Waals surface area contributed by atoms with E-state index in [4.69, 9.17) is 5.84 Å². The van der Waals surface area contributed by atoms with Gasteiger partial charge in [0.15, 0.2) is 5.82 Å². The lowest BCUT2D eigenvalue weighted by molar-refractivity contribution is -0.137. The number of alkyl halides is 3. The fourth-order valence-electron chi connectivity index (χ4n) is 1.34. The second-order valence-electron chi connectivity index (χ2n) is 3.47. The highest BCUT2D eigenvalue weighted by atomic mass is 19.4. The Kier molecular flexibility index (Phi) is 2.91. The largest absolute Gasteiger partial charge is 0.419 e. The molecule has 0 aliphatic carbocycles. The van der Waals surface area contributed by atoms with Gasteiger partial charge in [-0.25, -0.2) is 20.5 Å². The van der Waals surface area contributed by atoms with Crippen molar-refractivity contribution in [1.29, 1.82) is 0 Å². The summed E-state index contributed by atoms with van der Waals surface area (Å²) in [4.78, 5) is 7.90. The SMILES string of the molecule is Cc1nc(NN)cc(-n2cc(C(F)(F)F)cn2)n1. The fraction of sp³-hybridized carbons (Fsp3) is 0.222. The van der Waals surface area contributed by atoms with Crippen molar-refractivity contribution in [3.8, 4) is 5.82 Å². The minimum absolute atomic E-state index is 0.200. The van der Waals surface area contributed by atoms with E-state index in [0.717, 1.165) is 17.1 Å². The molecule has 18 heavy (non-hydrogen) atoms. The highest BCUT2D eigenvalue weighted by Crippen LogP contribution is 2.29. The molecule has 2 aromatic heterocycles. The first-order valence-corrected chi connectivity index (χ1v) is 4.84. The maximum absolute atomic E-state index is 12.4. The molecule has 0 saturated heterocycles. The minimum Gasteiger partial charge on any atom is -0.308 e. The summed E-state index contributed by atoms with van der Waals surface area (Å²) in [5.74, 6) is 6.05. The Morgan fingerprint density at radius 3 is 2.61 bits per heavy atom. The molecule has 0 fully saturated rings. The van der Waals surface area contributed by atoms with Crippen LogP contribution in [0.3, 0.4) is 0 Å². The van der Waals surface area contributed by atoms with Crippen molar-refractivity contribution < 1.29 is 13.2 Å². The van der Waals surface area contributed by atoms with Gasteiger partial charge in [0.25, 0.3) is 0 Å². The zero-order chi connectivity index (χ0) is 13.3. The van der Waals surface area contributed by atoms with Crippen LogP contribution in [0.25, 0.3) is 5.82 Å². The van der Waals surface area contributed by atoms with E-state index < -0.39 is 11.7 Å². The average molecular weight is 258 g/mol. The van der Waals surface area contributed by atoms with E-state index >= 15 is 0 Å². The van der Waals surface area contributed by atoms with Gasteiger partial charge in [-0.15, -0.1) is 0 Å². The first-order valence-electron chi connectivity index (χ1n) is 4.84. The molecule has 2 rings (SSSR count). The zero-order valence-corrected chi connectivity index (χ0v) is 9.23. The summed E-state index contributed by atoms with van der Waals surface area (Å²) >= 11 is 0. The maximum atomic E-state index is 12.4. The van der Waals surface area contributed by atoms with Crippen LogP contribution in [0.5, 0.6) is 0 Å². The van der Waals surface area contributed by atoms with Gasteiger partial charge in [-0.3, -0.25) is 0 Å². The quantitative estimate of drug-likeness (QED) is 0.626. The Hall–Kier alpha value is -2.16. The standard InChI is InChI=1S/C9H9F3N6/c1-5-15-7(17-13)2-8(16-5)18-4-6(3-14-18)9(10,11)12/h2-4H,13H2,1H3,(H,15,16,17). The third kappa shape index (κ3) is 2.40. The maximum Gasteiger partial charge on any atom is 0.419 e. The van der Waals surface area contributed by atoms with E-state index in [2.05, 4.69) is 20.5 Å². The van der Waals surface area contributed by atoms with Gasteiger partial charge in [0.2, 0.25) is 0 Å². The van der Waals surface area contributed by atoms with Gasteiger partial charge in [0.1, 0.15) is 11.6 Å². The van der Waals surface area contributed by atoms with E-state index in [9.17, 15) is 13.2 Å². The van der Waals surface area contributed by atoms with Crippen LogP contribution in [-0.4, -0.2) is 19.7 Å². The Bertz CT molecular complexity index is 562. The minimum atomic E-state index is -4.44. The molecular weight excluding hydrogens is 249 g/mol. The Labute approximate surface area is 99.6 Å². The zero-order valence-electron chi connectivity index (χ0n) is 9.23. The average Bonchev–Trinajstić information content (AvgIpc) is 2.77. The van der Waals surface area contributed by atoms with Crippen molar-refractivity contribution in [2.45, 2.75) is 13.1 Å². The van der Waals surface area contributed by atoms with E-state index in [-0.39, 0.29) is 5.82 Å². The van der Waals surface area contributed by atoms with Crippen molar-refractivity contribution in [1.82, 2.24) is 19.7 Å². The molecule has 0 amide bonds. The number of hydrogen-bond acceptors (Lipinski definition) is 5. The van der Waals surface area contributed by atoms with Crippen molar-refractivity contribution in [2.24, 2.45) is 5.84 Å². The van der Waals surface area contributed by atoms with Crippen LogP contribution in [0.15, 0.2) is 18.5 Å². The number of anilines is 1. The predicted octanol–water partition coefficient (Wildman–Crippen LogP) is 1.28. The molecule has 2 heterocycles. The number of nitrogens with two attached hydrogens (primary N) is 1. The van der Waals surface area contributed by atoms with Crippen LogP contribution < -0.4 is 11.3 Å². The number of hydrogen-bond donors (Lipinski definition) is 2. The van der Waals surface area contributed by atoms with Gasteiger partial charge in [0.05, 0.1) is 11.8 Å². The molecular formula is C9H9F3N6. The third-order valence-corrected chi connectivity index (χ3v) is 2.12. The summed E-state index contributed by atoms with van der Waals surface area (Å²) < 4.78 is 38.3. The molecule has 0 atom stereocenters. The van der Waals surface area contributed by atoms with E-state index in [1.54, 1.807) is 6.92 Å². The molecule has 0 radical (unpaired) electrons. The predicted molar refractivity (Wildman–Crippen MR) is 56.7 cm³/mol. The molecule has 0 bridgehead atoms. The topological polar surface area (TPSA) is 81.6 Å². The molecule has 3 N–H and O–H groups in total. The van der Waals surface area contributed by atoms with Crippen molar-refractivity contribution in [3.05, 3.63) is 29.8 Å². The highest BCUT2D eigenvalue weighted by Gasteiger charge is 2.32. The summed E-state index contributed by atoms with van der Waals surface area (Å²) in [6.07, 6.45) is -2.86. The van der Waals surface area contributed by atoms with Gasteiger partial charge < -0.3 is 5.43 Å². The number of hydrazine groups is 1. The molecule has 96 valence electrons. The number of nitrogens with one attached hydrogen (secondary N) is 1. The lowest BCUT2D eigenvalue weighted by Crippen LogP contribution is -2.11. The van der Waals surface area contributed by atoms with E-state index in [0.29, 0.717) is 11.6 Å². The van der Waals surface area contributed by atoms with Crippen LogP contribution in [0.2, 0.25) is 0 Å². The van der Waals surface area contributed by atoms with Crippen molar-refractivity contribution in [3.63, 3.8) is 0 Å². The Balaban J connectivity index is 2.43. The second-order valence-corrected chi connectivity index (χ2v) is 3.47. The van der Waals surface area contributed by atoms with Gasteiger partial charge >= 0.3 is 6.18 Å². The molecule has 2 aromatic rings. The van der Waals surface area contributed by atoms with Gasteiger partial charge in [0, 0.05) is 12.3 Å². The Morgan fingerprint density at radius 1 is 1.33 bits per heavy atom. The monoisotopic (exact) mass is 258 g/mol. The summed E-state index contributed by atoms with van der Waals surface area (Å²) in [5.41, 5.74) is 1.45. The molecule has 0 unspecified atom stereocenters. The summed E-state index contributed by atoms with van der Waals surface area (Å²) in [7, 11) is 0. The van der Waals surface area contributed by atoms with Crippen LogP contribution in [0.4, 0.5) is 19.0 Å². The number of aryl methyl sites for hydroxylation is 1. The van der Waals surface area contributed by atoms with Crippen LogP contribution in [0, 0.1) is 6.92 Å². The first kappa shape index (κ1) is 12.3. The van der Waals surface area contributed by atoms with Crippen LogP contribution >= 0.6 is 0 Å². The summed E-state index contributed by atoms with van der Waals surface area (Å²) in [6, 6.07) is 1.39. The smallest absolute Gasteiger partial charge is 0.308 e. The molecule has 6 nitrogen and oxygen atoms in total. The van der Waals surface area contributed by atoms with Gasteiger partial charge in [-0.05, 0) is 6.92 Å². The van der Waals surface area contributed by atoms with Gasteiger partial charge in [-0.2, -0.15) is 18.3 Å². The highest BCUT2D eigenvalue weighted by molar-refractivity contribution is 5.40. The lowest BCUT2D eigenvalue weighted by atomic mass is 10.3. The van der Waals surface area contributed by atoms with E-state index in [1.165, 1.54) is 6.07 Å². The molecule has 0 aliphatic rings. The Morgan fingerprint density at radius 2 is 2.06 bits per heavy atom. The van der Waals surface area contributed by atoms with Crippen LogP contribution in [0.1, 0.15) is 11.4 Å². The van der Waals surface area contributed by atoms with E-state index in [1.807, 2.05) is 0 Å². The molecule has 0 spiro atoms. The molecule has 9 heteroatoms. The molecule has 0 aromatic carbocycles. The number of nitrogen functional groups attached to an aromatic ring is 1. The van der Waals surface area contributed by atoms with Crippen molar-refractivity contribution >= 4 is 5.82 Å². The third-order valence-electron chi connectivity index (χ3n) is 2.12. The lowest BCUT2D eigenvalue weighted by Gasteiger charge is -2.05. The van der Waals surface area contributed by atoms with Crippen LogP contribution in [-0.2, 0) is 6.18 Å². The number of halogens is 3. The first-order chi connectivity index (χ1) is 8.40. The normalized spacial score (nSPS) is 11.6. The fourth-order valence-corrected chi connectivity index (χ4v) is 1.34. The number of rotatable bonds is 2.